The van der Waals surface area contributed by atoms with Gasteiger partial charge in [-0.05, 0) is 12.1 Å². The number of H-pyrrole nitrogens is 1. The number of phenolic OH excluding ortho intramolecular Hbond substituents is 1. The summed E-state index contributed by atoms with van der Waals surface area (Å²) < 4.78 is 13.4. The Kier molecular flexibility index (Phi) is 3.57. The zero-order valence-electron chi connectivity index (χ0n) is 9.48. The molecule has 0 aliphatic heterocycles. The number of aromatic nitrogens is 2. The smallest absolute Gasteiger partial charge is 0.258 e. The second-order valence-electron chi connectivity index (χ2n) is 3.72. The van der Waals surface area contributed by atoms with E-state index in [1.165, 1.54) is 12.1 Å². The number of hydrogen-bond donors (Lipinski definition) is 3. The van der Waals surface area contributed by atoms with Crippen LogP contribution in [0.1, 0.15) is 16.1 Å². The lowest BCUT2D eigenvalue weighted by Crippen LogP contribution is -2.26. The van der Waals surface area contributed by atoms with Crippen LogP contribution in [0.3, 0.4) is 0 Å². The van der Waals surface area contributed by atoms with Gasteiger partial charge in [0, 0.05) is 24.9 Å². The Morgan fingerprint density at radius 1 is 1.50 bits per heavy atom. The SMILES string of the molecule is O=C(NCCc1cnc[nH]1)c1c(O)cccc1F. The van der Waals surface area contributed by atoms with Crippen LogP contribution in [0, 0.1) is 5.82 Å². The van der Waals surface area contributed by atoms with E-state index in [0.29, 0.717) is 13.0 Å². The van der Waals surface area contributed by atoms with Crippen molar-refractivity contribution in [3.8, 4) is 5.75 Å². The maximum absolute atomic E-state index is 13.4. The summed E-state index contributed by atoms with van der Waals surface area (Å²) in [6.07, 6.45) is 3.74. The molecule has 1 aromatic heterocycles. The highest BCUT2D eigenvalue weighted by atomic mass is 19.1. The third kappa shape index (κ3) is 2.65. The van der Waals surface area contributed by atoms with Gasteiger partial charge in [-0.1, -0.05) is 6.07 Å². The molecule has 2 aromatic rings. The molecule has 0 bridgehead atoms. The molecule has 0 aliphatic rings. The summed E-state index contributed by atoms with van der Waals surface area (Å²) in [5, 5.41) is 12.0. The van der Waals surface area contributed by atoms with Crippen molar-refractivity contribution in [2.75, 3.05) is 6.54 Å². The second-order valence-corrected chi connectivity index (χ2v) is 3.72. The van der Waals surface area contributed by atoms with Crippen LogP contribution in [0.5, 0.6) is 5.75 Å². The lowest BCUT2D eigenvalue weighted by Gasteiger charge is -2.06. The van der Waals surface area contributed by atoms with Crippen molar-refractivity contribution >= 4 is 5.91 Å². The maximum Gasteiger partial charge on any atom is 0.258 e. The molecule has 0 aliphatic carbocycles. The molecule has 0 fully saturated rings. The zero-order chi connectivity index (χ0) is 13.0. The zero-order valence-corrected chi connectivity index (χ0v) is 9.48. The Morgan fingerprint density at radius 3 is 3.00 bits per heavy atom. The van der Waals surface area contributed by atoms with Crippen molar-refractivity contribution < 1.29 is 14.3 Å². The maximum atomic E-state index is 13.4. The van der Waals surface area contributed by atoms with Crippen molar-refractivity contribution in [3.63, 3.8) is 0 Å². The molecule has 0 saturated heterocycles. The van der Waals surface area contributed by atoms with Crippen molar-refractivity contribution in [2.24, 2.45) is 0 Å². The van der Waals surface area contributed by atoms with Crippen LogP contribution in [0.15, 0.2) is 30.7 Å². The molecule has 0 spiro atoms. The van der Waals surface area contributed by atoms with E-state index >= 15 is 0 Å². The molecule has 94 valence electrons. The normalized spacial score (nSPS) is 10.3. The first kappa shape index (κ1) is 12.1. The monoisotopic (exact) mass is 249 g/mol. The third-order valence-electron chi connectivity index (χ3n) is 2.45. The summed E-state index contributed by atoms with van der Waals surface area (Å²) in [4.78, 5) is 18.4. The van der Waals surface area contributed by atoms with Gasteiger partial charge in [-0.3, -0.25) is 4.79 Å². The predicted molar refractivity (Wildman–Crippen MR) is 62.7 cm³/mol. The molecule has 3 N–H and O–H groups in total. The molecule has 6 heteroatoms. The van der Waals surface area contributed by atoms with Gasteiger partial charge >= 0.3 is 0 Å². The number of aromatic amines is 1. The lowest BCUT2D eigenvalue weighted by molar-refractivity contribution is 0.0947. The summed E-state index contributed by atoms with van der Waals surface area (Å²) >= 11 is 0. The molecule has 0 radical (unpaired) electrons. The molecule has 0 unspecified atom stereocenters. The van der Waals surface area contributed by atoms with Crippen LogP contribution >= 0.6 is 0 Å². The Balaban J connectivity index is 1.96. The molecule has 18 heavy (non-hydrogen) atoms. The van der Waals surface area contributed by atoms with Crippen molar-refractivity contribution in [3.05, 3.63) is 47.8 Å². The number of carbonyl (C=O) groups is 1. The number of rotatable bonds is 4. The van der Waals surface area contributed by atoms with Crippen molar-refractivity contribution in [2.45, 2.75) is 6.42 Å². The first-order valence-electron chi connectivity index (χ1n) is 5.41. The van der Waals surface area contributed by atoms with Crippen molar-refractivity contribution in [1.29, 1.82) is 0 Å². The highest BCUT2D eigenvalue weighted by Gasteiger charge is 2.15. The van der Waals surface area contributed by atoms with Gasteiger partial charge in [-0.15, -0.1) is 0 Å². The fourth-order valence-corrected chi connectivity index (χ4v) is 1.56. The quantitative estimate of drug-likeness (QED) is 0.762. The molecule has 1 heterocycles. The minimum Gasteiger partial charge on any atom is -0.507 e. The Bertz CT molecular complexity index is 520. The van der Waals surface area contributed by atoms with E-state index in [9.17, 15) is 14.3 Å². The standard InChI is InChI=1S/C12H12FN3O2/c13-9-2-1-3-10(17)11(9)12(18)15-5-4-8-6-14-7-16-8/h1-3,6-7,17H,4-5H2,(H,14,16)(H,15,18). The molecular weight excluding hydrogens is 237 g/mol. The number of nitrogens with one attached hydrogen (secondary N) is 2. The molecule has 2 rings (SSSR count). The summed E-state index contributed by atoms with van der Waals surface area (Å²) in [5.74, 6) is -1.74. The second kappa shape index (κ2) is 5.31. The van der Waals surface area contributed by atoms with Crippen LogP contribution in [0.25, 0.3) is 0 Å². The van der Waals surface area contributed by atoms with E-state index in [-0.39, 0.29) is 11.3 Å². The van der Waals surface area contributed by atoms with Crippen LogP contribution < -0.4 is 5.32 Å². The Labute approximate surface area is 103 Å². The van der Waals surface area contributed by atoms with Gasteiger partial charge in [0.15, 0.2) is 0 Å². The first-order valence-corrected chi connectivity index (χ1v) is 5.41. The van der Waals surface area contributed by atoms with Crippen LogP contribution in [0.4, 0.5) is 4.39 Å². The van der Waals surface area contributed by atoms with Gasteiger partial charge in [0.1, 0.15) is 17.1 Å². The number of amides is 1. The molecule has 5 nitrogen and oxygen atoms in total. The number of phenols is 1. The highest BCUT2D eigenvalue weighted by molar-refractivity contribution is 5.97. The Morgan fingerprint density at radius 2 is 2.33 bits per heavy atom. The average Bonchev–Trinajstić information content (AvgIpc) is 2.82. The molecule has 0 saturated carbocycles. The summed E-state index contributed by atoms with van der Waals surface area (Å²) in [6, 6.07) is 3.74. The van der Waals surface area contributed by atoms with E-state index in [0.717, 1.165) is 11.8 Å². The van der Waals surface area contributed by atoms with E-state index < -0.39 is 11.7 Å². The van der Waals surface area contributed by atoms with Gasteiger partial charge < -0.3 is 15.4 Å². The highest BCUT2D eigenvalue weighted by Crippen LogP contribution is 2.19. The molecular formula is C12H12FN3O2. The van der Waals surface area contributed by atoms with E-state index in [2.05, 4.69) is 15.3 Å². The molecule has 0 atom stereocenters. The minimum absolute atomic E-state index is 0.328. The average molecular weight is 249 g/mol. The summed E-state index contributed by atoms with van der Waals surface area (Å²) in [6.45, 7) is 0.328. The van der Waals surface area contributed by atoms with Gasteiger partial charge in [0.25, 0.3) is 5.91 Å². The predicted octanol–water partition coefficient (Wildman–Crippen LogP) is 1.23. The van der Waals surface area contributed by atoms with E-state index in [4.69, 9.17) is 0 Å². The Hall–Kier alpha value is -2.37. The van der Waals surface area contributed by atoms with Crippen molar-refractivity contribution in [1.82, 2.24) is 15.3 Å². The van der Waals surface area contributed by atoms with Gasteiger partial charge in [-0.2, -0.15) is 0 Å². The van der Waals surface area contributed by atoms with E-state index in [1.54, 1.807) is 12.5 Å². The number of halogens is 1. The number of benzene rings is 1. The number of imidazole rings is 1. The van der Waals surface area contributed by atoms with Gasteiger partial charge in [0.05, 0.1) is 6.33 Å². The number of carbonyl (C=O) groups excluding carboxylic acids is 1. The lowest BCUT2D eigenvalue weighted by atomic mass is 10.1. The van der Waals surface area contributed by atoms with Gasteiger partial charge in [-0.25, -0.2) is 9.37 Å². The van der Waals surface area contributed by atoms with E-state index in [1.807, 2.05) is 0 Å². The topological polar surface area (TPSA) is 78.0 Å². The van der Waals surface area contributed by atoms with Crippen LogP contribution in [-0.2, 0) is 6.42 Å². The largest absolute Gasteiger partial charge is 0.507 e. The van der Waals surface area contributed by atoms with Crippen LogP contribution in [-0.4, -0.2) is 27.5 Å². The summed E-state index contributed by atoms with van der Waals surface area (Å²) in [5.41, 5.74) is 0.537. The number of hydrogen-bond acceptors (Lipinski definition) is 3. The fourth-order valence-electron chi connectivity index (χ4n) is 1.56. The molecule has 1 aromatic carbocycles. The molecule has 1 amide bonds. The minimum atomic E-state index is -0.742. The third-order valence-corrected chi connectivity index (χ3v) is 2.45. The first-order chi connectivity index (χ1) is 8.68. The number of aromatic hydroxyl groups is 1. The van der Waals surface area contributed by atoms with Crippen LogP contribution in [0.2, 0.25) is 0 Å². The number of nitrogens with zero attached hydrogens (tertiary/aromatic N) is 1. The van der Waals surface area contributed by atoms with Gasteiger partial charge in [0.2, 0.25) is 0 Å². The fraction of sp³-hybridized carbons (Fsp3) is 0.167. The summed E-state index contributed by atoms with van der Waals surface area (Å²) in [7, 11) is 0.